The molecule has 1 fully saturated rings. The number of hydrogen-bond acceptors (Lipinski definition) is 2. The molecule has 0 saturated carbocycles. The minimum Gasteiger partial charge on any atom is -0.348 e. The normalized spacial score (nSPS) is 22.9. The maximum atomic E-state index is 5.37. The van der Waals surface area contributed by atoms with Crippen molar-refractivity contribution in [2.45, 2.75) is 25.6 Å². The summed E-state index contributed by atoms with van der Waals surface area (Å²) in [6.45, 7) is 7.08. The van der Waals surface area contributed by atoms with E-state index < -0.39 is 0 Å². The molecule has 2 nitrogen and oxygen atoms in total. The lowest BCUT2D eigenvalue weighted by Gasteiger charge is -2.20. The van der Waals surface area contributed by atoms with Crippen molar-refractivity contribution in [2.75, 3.05) is 13.2 Å². The first-order chi connectivity index (χ1) is 4.77. The summed E-state index contributed by atoms with van der Waals surface area (Å²) in [7, 11) is 0. The second kappa shape index (κ2) is 3.17. The third kappa shape index (κ3) is 1.82. The van der Waals surface area contributed by atoms with E-state index in [9.17, 15) is 0 Å². The van der Waals surface area contributed by atoms with E-state index in [-0.39, 0.29) is 5.79 Å². The van der Waals surface area contributed by atoms with Crippen LogP contribution < -0.4 is 0 Å². The Balaban J connectivity index is 2.28. The van der Waals surface area contributed by atoms with E-state index in [0.29, 0.717) is 0 Å². The molecule has 1 aliphatic rings. The summed E-state index contributed by atoms with van der Waals surface area (Å²) in [5.74, 6) is -0.325. The van der Waals surface area contributed by atoms with E-state index in [0.717, 1.165) is 26.1 Å². The Morgan fingerprint density at radius 2 is 2.10 bits per heavy atom. The quantitative estimate of drug-likeness (QED) is 0.558. The molecule has 0 aromatic heterocycles. The summed E-state index contributed by atoms with van der Waals surface area (Å²) in [5.41, 5.74) is 0. The Morgan fingerprint density at radius 1 is 1.50 bits per heavy atom. The van der Waals surface area contributed by atoms with Gasteiger partial charge in [0.1, 0.15) is 0 Å². The van der Waals surface area contributed by atoms with Gasteiger partial charge in [-0.05, 0) is 13.3 Å². The zero-order valence-corrected chi connectivity index (χ0v) is 6.43. The van der Waals surface area contributed by atoms with Crippen LogP contribution in [0.3, 0.4) is 0 Å². The summed E-state index contributed by atoms with van der Waals surface area (Å²) in [6, 6.07) is 0. The lowest BCUT2D eigenvalue weighted by molar-refractivity contribution is -0.145. The molecule has 0 aromatic carbocycles. The molecule has 0 spiro atoms. The van der Waals surface area contributed by atoms with Crippen LogP contribution in [0.4, 0.5) is 0 Å². The second-order valence-corrected chi connectivity index (χ2v) is 2.66. The first-order valence-electron chi connectivity index (χ1n) is 3.66. The highest BCUT2D eigenvalue weighted by Gasteiger charge is 2.29. The summed E-state index contributed by atoms with van der Waals surface area (Å²) < 4.78 is 10.7. The molecular weight excluding hydrogens is 128 g/mol. The van der Waals surface area contributed by atoms with Crippen molar-refractivity contribution in [3.63, 3.8) is 0 Å². The minimum absolute atomic E-state index is 0.325. The molecule has 0 atom stereocenters. The van der Waals surface area contributed by atoms with Gasteiger partial charge in [0.25, 0.3) is 0 Å². The van der Waals surface area contributed by atoms with Gasteiger partial charge < -0.3 is 9.47 Å². The predicted octanol–water partition coefficient (Wildman–Crippen LogP) is 1.72. The molecular formula is C8H14O2. The average Bonchev–Trinajstić information content (AvgIpc) is 2.33. The van der Waals surface area contributed by atoms with E-state index in [1.54, 1.807) is 0 Å². The van der Waals surface area contributed by atoms with Gasteiger partial charge in [0, 0.05) is 6.42 Å². The van der Waals surface area contributed by atoms with Crippen LogP contribution in [0.15, 0.2) is 12.7 Å². The van der Waals surface area contributed by atoms with Gasteiger partial charge in [0.05, 0.1) is 13.2 Å². The zero-order valence-electron chi connectivity index (χ0n) is 6.43. The van der Waals surface area contributed by atoms with E-state index in [4.69, 9.17) is 9.47 Å². The van der Waals surface area contributed by atoms with Crippen molar-refractivity contribution in [3.8, 4) is 0 Å². The van der Waals surface area contributed by atoms with Crippen LogP contribution in [0, 0.1) is 0 Å². The van der Waals surface area contributed by atoms with Gasteiger partial charge in [-0.15, -0.1) is 6.58 Å². The monoisotopic (exact) mass is 142 g/mol. The highest BCUT2D eigenvalue weighted by Crippen LogP contribution is 2.23. The highest BCUT2D eigenvalue weighted by molar-refractivity contribution is 4.74. The van der Waals surface area contributed by atoms with Gasteiger partial charge in [-0.3, -0.25) is 0 Å². The van der Waals surface area contributed by atoms with Crippen LogP contribution >= 0.6 is 0 Å². The molecule has 0 bridgehead atoms. The van der Waals surface area contributed by atoms with E-state index >= 15 is 0 Å². The first kappa shape index (κ1) is 7.76. The Bertz CT molecular complexity index is 114. The molecule has 0 aromatic rings. The number of allylic oxidation sites excluding steroid dienone is 1. The van der Waals surface area contributed by atoms with Crippen molar-refractivity contribution in [2.24, 2.45) is 0 Å². The van der Waals surface area contributed by atoms with Crippen LogP contribution in [-0.2, 0) is 9.47 Å². The third-order valence-corrected chi connectivity index (χ3v) is 1.70. The van der Waals surface area contributed by atoms with Crippen molar-refractivity contribution in [3.05, 3.63) is 12.7 Å². The Morgan fingerprint density at radius 3 is 2.60 bits per heavy atom. The predicted molar refractivity (Wildman–Crippen MR) is 39.7 cm³/mol. The summed E-state index contributed by atoms with van der Waals surface area (Å²) in [6.07, 6.45) is 3.75. The zero-order chi connectivity index (χ0) is 7.45. The fourth-order valence-electron chi connectivity index (χ4n) is 1.07. The van der Waals surface area contributed by atoms with Crippen molar-refractivity contribution in [1.82, 2.24) is 0 Å². The maximum absolute atomic E-state index is 5.37. The SMILES string of the molecule is C=CCCC1(C)OCCO1. The highest BCUT2D eigenvalue weighted by atomic mass is 16.7. The van der Waals surface area contributed by atoms with Gasteiger partial charge in [-0.2, -0.15) is 0 Å². The van der Waals surface area contributed by atoms with Gasteiger partial charge in [-0.25, -0.2) is 0 Å². The van der Waals surface area contributed by atoms with Crippen molar-refractivity contribution >= 4 is 0 Å². The van der Waals surface area contributed by atoms with Crippen LogP contribution in [-0.4, -0.2) is 19.0 Å². The molecule has 1 rings (SSSR count). The second-order valence-electron chi connectivity index (χ2n) is 2.66. The average molecular weight is 142 g/mol. The number of hydrogen-bond donors (Lipinski definition) is 0. The molecule has 1 aliphatic heterocycles. The molecule has 10 heavy (non-hydrogen) atoms. The molecule has 0 amide bonds. The Labute approximate surface area is 61.8 Å². The molecule has 2 heteroatoms. The first-order valence-corrected chi connectivity index (χ1v) is 3.66. The summed E-state index contributed by atoms with van der Waals surface area (Å²) >= 11 is 0. The number of ether oxygens (including phenoxy) is 2. The Kier molecular flexibility index (Phi) is 2.46. The van der Waals surface area contributed by atoms with Gasteiger partial charge in [0.2, 0.25) is 0 Å². The fourth-order valence-corrected chi connectivity index (χ4v) is 1.07. The van der Waals surface area contributed by atoms with Crippen LogP contribution in [0.5, 0.6) is 0 Å². The van der Waals surface area contributed by atoms with Gasteiger partial charge in [0.15, 0.2) is 5.79 Å². The van der Waals surface area contributed by atoms with Crippen LogP contribution in [0.25, 0.3) is 0 Å². The molecule has 0 unspecified atom stereocenters. The lowest BCUT2D eigenvalue weighted by atomic mass is 10.2. The minimum atomic E-state index is -0.325. The lowest BCUT2D eigenvalue weighted by Crippen LogP contribution is -2.24. The molecule has 58 valence electrons. The Hall–Kier alpha value is -0.340. The van der Waals surface area contributed by atoms with Crippen molar-refractivity contribution < 1.29 is 9.47 Å². The van der Waals surface area contributed by atoms with E-state index in [1.807, 2.05) is 13.0 Å². The van der Waals surface area contributed by atoms with Crippen LogP contribution in [0.2, 0.25) is 0 Å². The third-order valence-electron chi connectivity index (χ3n) is 1.70. The molecule has 1 heterocycles. The molecule has 0 aliphatic carbocycles. The fraction of sp³-hybridized carbons (Fsp3) is 0.750. The van der Waals surface area contributed by atoms with Gasteiger partial charge >= 0.3 is 0 Å². The van der Waals surface area contributed by atoms with Crippen molar-refractivity contribution in [1.29, 1.82) is 0 Å². The summed E-state index contributed by atoms with van der Waals surface area (Å²) in [4.78, 5) is 0. The summed E-state index contributed by atoms with van der Waals surface area (Å²) in [5, 5.41) is 0. The maximum Gasteiger partial charge on any atom is 0.166 e. The topological polar surface area (TPSA) is 18.5 Å². The molecule has 0 N–H and O–H groups in total. The van der Waals surface area contributed by atoms with Gasteiger partial charge in [-0.1, -0.05) is 6.08 Å². The smallest absolute Gasteiger partial charge is 0.166 e. The van der Waals surface area contributed by atoms with E-state index in [2.05, 4.69) is 6.58 Å². The number of rotatable bonds is 3. The standard InChI is InChI=1S/C8H14O2/c1-3-4-5-8(2)9-6-7-10-8/h3H,1,4-7H2,2H3. The van der Waals surface area contributed by atoms with E-state index in [1.165, 1.54) is 0 Å². The molecule has 0 radical (unpaired) electrons. The molecule has 1 saturated heterocycles. The largest absolute Gasteiger partial charge is 0.348 e. The van der Waals surface area contributed by atoms with Crippen LogP contribution in [0.1, 0.15) is 19.8 Å².